The molecule has 2 aliphatic rings. The van der Waals surface area contributed by atoms with Crippen LogP contribution in [-0.4, -0.2) is 36.7 Å². The minimum Gasteiger partial charge on any atom is -0.492 e. The Balaban J connectivity index is 1.15. The van der Waals surface area contributed by atoms with E-state index in [9.17, 15) is 9.59 Å². The summed E-state index contributed by atoms with van der Waals surface area (Å²) < 4.78 is 27.6. The Kier molecular flexibility index (Phi) is 26.8. The quantitative estimate of drug-likeness (QED) is 0.0297. The normalized spacial score (nSPS) is 12.0. The number of hydrogen-bond acceptors (Lipinski definition) is 10. The van der Waals surface area contributed by atoms with Gasteiger partial charge in [-0.15, -0.1) is 0 Å². The van der Waals surface area contributed by atoms with Crippen LogP contribution in [0.1, 0.15) is 214 Å². The van der Waals surface area contributed by atoms with E-state index in [4.69, 9.17) is 18.9 Å². The van der Waals surface area contributed by atoms with Crippen molar-refractivity contribution in [3.05, 3.63) is 179 Å². The van der Waals surface area contributed by atoms with Crippen LogP contribution in [0.5, 0.6) is 23.0 Å². The Morgan fingerprint density at radius 2 is 0.659 bits per heavy atom. The van der Waals surface area contributed by atoms with Gasteiger partial charge in [0.15, 0.2) is 10.2 Å². The highest BCUT2D eigenvalue weighted by Gasteiger charge is 2.30. The highest BCUT2D eigenvalue weighted by molar-refractivity contribution is 8.28. The number of fused-ring (bicyclic) bond motifs is 3. The second-order valence-electron chi connectivity index (χ2n) is 22.1. The SMILES string of the molecule is CCCCCCOc1cc(C#Cc2ccc3c(c2)C(=C2SC(C)=C(C)S2)c2cc(C#Cc4cc(OCCCCCC)c(C#Cc5ccc(SC(C)=O)cc5)cc4OCCCCCC)ccc2-3)c(OCCCCCC)cc1C#Cc1ccc(SC(C)=O)cc1. The van der Waals surface area contributed by atoms with Crippen molar-refractivity contribution < 1.29 is 28.5 Å². The van der Waals surface area contributed by atoms with Crippen LogP contribution >= 0.6 is 47.0 Å². The van der Waals surface area contributed by atoms with Crippen LogP contribution < -0.4 is 18.9 Å². The second kappa shape index (κ2) is 35.2. The van der Waals surface area contributed by atoms with Gasteiger partial charge in [-0.25, -0.2) is 0 Å². The van der Waals surface area contributed by atoms with E-state index in [0.717, 1.165) is 179 Å². The van der Waals surface area contributed by atoms with Gasteiger partial charge in [-0.2, -0.15) is 0 Å². The van der Waals surface area contributed by atoms with E-state index in [1.165, 1.54) is 43.1 Å². The molecule has 1 aliphatic heterocycles. The lowest BCUT2D eigenvalue weighted by atomic mass is 10.0. The van der Waals surface area contributed by atoms with Gasteiger partial charge in [0, 0.05) is 75.7 Å². The van der Waals surface area contributed by atoms with Crippen LogP contribution in [0.2, 0.25) is 0 Å². The van der Waals surface area contributed by atoms with Gasteiger partial charge < -0.3 is 18.9 Å². The molecule has 0 saturated carbocycles. The van der Waals surface area contributed by atoms with Gasteiger partial charge in [-0.3, -0.25) is 9.59 Å². The summed E-state index contributed by atoms with van der Waals surface area (Å²) in [6.45, 7) is 18.7. The summed E-state index contributed by atoms with van der Waals surface area (Å²) in [4.78, 5) is 27.9. The molecule has 1 heterocycles. The summed E-state index contributed by atoms with van der Waals surface area (Å²) in [7, 11) is 0. The number of carbonyl (C=O) groups is 2. The lowest BCUT2D eigenvalue weighted by molar-refractivity contribution is -0.109. The second-order valence-corrected chi connectivity index (χ2v) is 27.3. The Morgan fingerprint density at radius 3 is 0.955 bits per heavy atom. The first-order valence-electron chi connectivity index (χ1n) is 31.5. The molecule has 6 aromatic rings. The molecule has 6 nitrogen and oxygen atoms in total. The summed E-state index contributed by atoms with van der Waals surface area (Å²) in [5, 5.41) is 0.0965. The molecule has 88 heavy (non-hydrogen) atoms. The predicted molar refractivity (Wildman–Crippen MR) is 373 cm³/mol. The van der Waals surface area contributed by atoms with Crippen LogP contribution in [0.25, 0.3) is 16.7 Å². The molecular weight excluding hydrogens is 1160 g/mol. The van der Waals surface area contributed by atoms with Crippen molar-refractivity contribution in [3.8, 4) is 81.5 Å². The molecule has 0 radical (unpaired) electrons. The fraction of sp³-hybridized carbons (Fsp3) is 0.359. The van der Waals surface area contributed by atoms with Crippen molar-refractivity contribution in [1.29, 1.82) is 0 Å². The largest absolute Gasteiger partial charge is 0.492 e. The van der Waals surface area contributed by atoms with Gasteiger partial charge in [0.2, 0.25) is 0 Å². The average Bonchev–Trinajstić information content (AvgIpc) is 1.68. The van der Waals surface area contributed by atoms with Crippen molar-refractivity contribution in [1.82, 2.24) is 0 Å². The average molecular weight is 1240 g/mol. The number of rotatable bonds is 26. The molecule has 0 fully saturated rings. The van der Waals surface area contributed by atoms with E-state index in [1.54, 1.807) is 13.8 Å². The van der Waals surface area contributed by atoms with Gasteiger partial charge >= 0.3 is 0 Å². The number of ether oxygens (including phenoxy) is 4. The molecule has 0 N–H and O–H groups in total. The van der Waals surface area contributed by atoms with Gasteiger partial charge in [0.05, 0.1) is 52.9 Å². The highest BCUT2D eigenvalue weighted by atomic mass is 32.2. The number of unbranched alkanes of at least 4 members (excludes halogenated alkanes) is 12. The molecule has 0 amide bonds. The van der Waals surface area contributed by atoms with Crippen LogP contribution in [0.15, 0.2) is 133 Å². The number of benzene rings is 6. The minimum absolute atomic E-state index is 0.0483. The highest BCUT2D eigenvalue weighted by Crippen LogP contribution is 2.57. The first-order valence-corrected chi connectivity index (χ1v) is 34.8. The third-order valence-electron chi connectivity index (χ3n) is 14.8. The summed E-state index contributed by atoms with van der Waals surface area (Å²) >= 11 is 6.10. The molecule has 1 aliphatic carbocycles. The summed E-state index contributed by atoms with van der Waals surface area (Å²) in [5.41, 5.74) is 12.3. The zero-order chi connectivity index (χ0) is 62.0. The monoisotopic (exact) mass is 1240 g/mol. The lowest BCUT2D eigenvalue weighted by Gasteiger charge is -2.14. The minimum atomic E-state index is 0.0483. The zero-order valence-corrected chi connectivity index (χ0v) is 55.9. The standard InChI is InChI=1S/C78H82O6S4/c1-9-13-17-21-45-81-73-53-65(75(83-47-23-19-15-11-3)51-63(73)35-25-59-29-39-67(40-30-59)87-57(7)79)37-27-61-33-43-69-70-44-34-62(50-72(70)77(71(69)49-61)78-85-55(5)56(6)86-78)28-38-66-54-74(82-46-22-18-14-10-2)64(52-76(66)84-48-24-20-16-12-4)36-26-60-31-41-68(42-32-60)88-58(8)80/h29-34,39-44,49-54H,9-24,45-48H2,1-8H3. The van der Waals surface area contributed by atoms with Gasteiger partial charge in [0.25, 0.3) is 0 Å². The number of hydrogen-bond donors (Lipinski definition) is 0. The Labute approximate surface area is 542 Å². The lowest BCUT2D eigenvalue weighted by Crippen LogP contribution is -2.03. The molecule has 0 atom stereocenters. The van der Waals surface area contributed by atoms with E-state index in [0.29, 0.717) is 49.4 Å². The summed E-state index contributed by atoms with van der Waals surface area (Å²) in [6, 6.07) is 36.8. The van der Waals surface area contributed by atoms with E-state index in [2.05, 4.69) is 125 Å². The number of thioether (sulfide) groups is 4. The number of allylic oxidation sites excluding steroid dienone is 2. The van der Waals surface area contributed by atoms with Gasteiger partial charge in [0.1, 0.15) is 23.0 Å². The topological polar surface area (TPSA) is 71.1 Å². The Bertz CT molecular complexity index is 3510. The first-order chi connectivity index (χ1) is 42.9. The third kappa shape index (κ3) is 20.0. The van der Waals surface area contributed by atoms with Crippen LogP contribution in [-0.2, 0) is 9.59 Å². The van der Waals surface area contributed by atoms with Gasteiger partial charge in [-0.1, -0.05) is 211 Å². The zero-order valence-electron chi connectivity index (χ0n) is 52.6. The Hall–Kier alpha value is -7.02. The van der Waals surface area contributed by atoms with Crippen LogP contribution in [0.3, 0.4) is 0 Å². The molecule has 8 rings (SSSR count). The van der Waals surface area contributed by atoms with E-state index >= 15 is 0 Å². The molecule has 454 valence electrons. The first kappa shape index (κ1) is 66.9. The predicted octanol–water partition coefficient (Wildman–Crippen LogP) is 20.8. The molecule has 0 saturated heterocycles. The molecule has 0 bridgehead atoms. The molecular formula is C78H82O6S4. The van der Waals surface area contributed by atoms with Crippen molar-refractivity contribution >= 4 is 62.9 Å². The van der Waals surface area contributed by atoms with Crippen molar-refractivity contribution in [2.45, 2.75) is 168 Å². The van der Waals surface area contributed by atoms with E-state index in [1.807, 2.05) is 96.3 Å². The van der Waals surface area contributed by atoms with E-state index in [-0.39, 0.29) is 10.2 Å². The summed E-state index contributed by atoms with van der Waals surface area (Å²) in [5.74, 6) is 30.5. The van der Waals surface area contributed by atoms with Crippen LogP contribution in [0.4, 0.5) is 0 Å². The maximum atomic E-state index is 11.8. The van der Waals surface area contributed by atoms with Crippen LogP contribution in [0, 0.1) is 47.4 Å². The van der Waals surface area contributed by atoms with Crippen molar-refractivity contribution in [3.63, 3.8) is 0 Å². The van der Waals surface area contributed by atoms with Gasteiger partial charge in [-0.05, 0) is 144 Å². The molecule has 0 unspecified atom stereocenters. The maximum Gasteiger partial charge on any atom is 0.190 e. The fourth-order valence-corrected chi connectivity index (χ4v) is 13.8. The molecule has 0 spiro atoms. The smallest absolute Gasteiger partial charge is 0.190 e. The van der Waals surface area contributed by atoms with Crippen molar-refractivity contribution in [2.24, 2.45) is 0 Å². The third-order valence-corrected chi connectivity index (χ3v) is 19.1. The number of carbonyl (C=O) groups excluding carboxylic acids is 2. The molecule has 6 aromatic carbocycles. The van der Waals surface area contributed by atoms with E-state index < -0.39 is 0 Å². The summed E-state index contributed by atoms with van der Waals surface area (Å²) in [6.07, 6.45) is 17.3. The molecule has 0 aromatic heterocycles. The molecule has 10 heteroatoms. The maximum absolute atomic E-state index is 11.8. The van der Waals surface area contributed by atoms with Crippen molar-refractivity contribution in [2.75, 3.05) is 26.4 Å². The fourth-order valence-electron chi connectivity index (χ4n) is 9.97. The Morgan fingerprint density at radius 1 is 0.364 bits per heavy atom.